The van der Waals surface area contributed by atoms with Crippen LogP contribution in [0.3, 0.4) is 0 Å². The molecular formula is C19H18Cl2FNO3S. The number of hydrogen-bond donors (Lipinski definition) is 1. The van der Waals surface area contributed by atoms with Gasteiger partial charge in [-0.1, -0.05) is 41.4 Å². The largest absolute Gasteiger partial charge is 0.465 e. The number of ether oxygens (including phenoxy) is 1. The standard InChI is InChI=1S/C19H18Cl2FNO3S/c1-26-19(25)18-14(21)9-13(20)10-16(18)23-17(24)11-27-8-4-6-12-5-2-3-7-15(12)22/h2-3,5,7,9-10H,4,6,8,11H2,1H3,(H,23,24). The van der Waals surface area contributed by atoms with E-state index in [-0.39, 0.29) is 33.8 Å². The Labute approximate surface area is 171 Å². The van der Waals surface area contributed by atoms with Crippen molar-refractivity contribution in [1.29, 1.82) is 0 Å². The second-order valence-corrected chi connectivity index (χ2v) is 7.55. The van der Waals surface area contributed by atoms with Crippen LogP contribution < -0.4 is 5.32 Å². The number of carbonyl (C=O) groups is 2. The Hall–Kier alpha value is -1.76. The highest BCUT2D eigenvalue weighted by molar-refractivity contribution is 7.99. The Balaban J connectivity index is 1.85. The molecule has 0 atom stereocenters. The van der Waals surface area contributed by atoms with Gasteiger partial charge in [0.15, 0.2) is 0 Å². The third-order valence-electron chi connectivity index (χ3n) is 3.64. The second kappa shape index (κ2) is 10.5. The number of hydrogen-bond acceptors (Lipinski definition) is 4. The topological polar surface area (TPSA) is 55.4 Å². The molecule has 0 aliphatic rings. The molecule has 0 spiro atoms. The van der Waals surface area contributed by atoms with Gasteiger partial charge < -0.3 is 10.1 Å². The fourth-order valence-corrected chi connectivity index (χ4v) is 3.72. The molecule has 0 aliphatic heterocycles. The summed E-state index contributed by atoms with van der Waals surface area (Å²) < 4.78 is 18.2. The van der Waals surface area contributed by atoms with Gasteiger partial charge in [-0.15, -0.1) is 0 Å². The molecule has 0 saturated heterocycles. The van der Waals surface area contributed by atoms with Crippen molar-refractivity contribution < 1.29 is 18.7 Å². The van der Waals surface area contributed by atoms with Crippen LogP contribution in [0.1, 0.15) is 22.3 Å². The molecule has 0 unspecified atom stereocenters. The number of methoxy groups -OCH3 is 1. The van der Waals surface area contributed by atoms with Gasteiger partial charge in [0, 0.05) is 5.02 Å². The SMILES string of the molecule is COC(=O)c1c(Cl)cc(Cl)cc1NC(=O)CSCCCc1ccccc1F. The van der Waals surface area contributed by atoms with Gasteiger partial charge in [-0.2, -0.15) is 11.8 Å². The minimum atomic E-state index is -0.662. The summed E-state index contributed by atoms with van der Waals surface area (Å²) in [5, 5.41) is 3.03. The second-order valence-electron chi connectivity index (χ2n) is 5.60. The highest BCUT2D eigenvalue weighted by atomic mass is 35.5. The van der Waals surface area contributed by atoms with Crippen LogP contribution >= 0.6 is 35.0 Å². The zero-order chi connectivity index (χ0) is 19.8. The average molecular weight is 430 g/mol. The van der Waals surface area contributed by atoms with E-state index in [1.807, 2.05) is 0 Å². The maximum Gasteiger partial charge on any atom is 0.341 e. The quantitative estimate of drug-likeness (QED) is 0.461. The van der Waals surface area contributed by atoms with Gasteiger partial charge in [-0.25, -0.2) is 9.18 Å². The zero-order valence-corrected chi connectivity index (χ0v) is 16.9. The molecular weight excluding hydrogens is 412 g/mol. The van der Waals surface area contributed by atoms with E-state index in [9.17, 15) is 14.0 Å². The van der Waals surface area contributed by atoms with Crippen LogP contribution in [-0.2, 0) is 16.0 Å². The zero-order valence-electron chi connectivity index (χ0n) is 14.6. The Bertz CT molecular complexity index is 833. The van der Waals surface area contributed by atoms with Crippen molar-refractivity contribution in [2.45, 2.75) is 12.8 Å². The summed E-state index contributed by atoms with van der Waals surface area (Å²) in [6, 6.07) is 9.49. The van der Waals surface area contributed by atoms with Crippen molar-refractivity contribution in [2.75, 3.05) is 23.9 Å². The molecule has 8 heteroatoms. The van der Waals surface area contributed by atoms with Gasteiger partial charge in [0.1, 0.15) is 11.4 Å². The van der Waals surface area contributed by atoms with Gasteiger partial charge in [-0.05, 0) is 42.4 Å². The minimum Gasteiger partial charge on any atom is -0.465 e. The summed E-state index contributed by atoms with van der Waals surface area (Å²) in [7, 11) is 1.23. The number of thioether (sulfide) groups is 1. The van der Waals surface area contributed by atoms with Crippen LogP contribution in [0, 0.1) is 5.82 Å². The highest BCUT2D eigenvalue weighted by Crippen LogP contribution is 2.30. The van der Waals surface area contributed by atoms with E-state index in [1.165, 1.54) is 37.1 Å². The lowest BCUT2D eigenvalue weighted by Crippen LogP contribution is -2.17. The van der Waals surface area contributed by atoms with E-state index in [1.54, 1.807) is 18.2 Å². The lowest BCUT2D eigenvalue weighted by molar-refractivity contribution is -0.113. The number of rotatable bonds is 8. The maximum atomic E-state index is 13.5. The number of halogens is 3. The molecule has 0 radical (unpaired) electrons. The summed E-state index contributed by atoms with van der Waals surface area (Å²) >= 11 is 13.4. The number of amides is 1. The lowest BCUT2D eigenvalue weighted by Gasteiger charge is -2.12. The number of esters is 1. The molecule has 0 aliphatic carbocycles. The lowest BCUT2D eigenvalue weighted by atomic mass is 10.1. The average Bonchev–Trinajstić information content (AvgIpc) is 2.62. The Kier molecular flexibility index (Phi) is 8.41. The summed E-state index contributed by atoms with van der Waals surface area (Å²) in [5.74, 6) is -0.295. The van der Waals surface area contributed by atoms with E-state index in [0.29, 0.717) is 22.8 Å². The normalized spacial score (nSPS) is 10.5. The van der Waals surface area contributed by atoms with Crippen LogP contribution in [-0.4, -0.2) is 30.5 Å². The van der Waals surface area contributed by atoms with Crippen LogP contribution in [0.2, 0.25) is 10.0 Å². The first-order valence-corrected chi connectivity index (χ1v) is 10.0. The molecule has 0 aromatic heterocycles. The van der Waals surface area contributed by atoms with Gasteiger partial charge in [0.05, 0.1) is 23.6 Å². The summed E-state index contributed by atoms with van der Waals surface area (Å²) in [6.07, 6.45) is 1.35. The number of anilines is 1. The van der Waals surface area contributed by atoms with Crippen LogP contribution in [0.4, 0.5) is 10.1 Å². The van der Waals surface area contributed by atoms with Gasteiger partial charge >= 0.3 is 5.97 Å². The molecule has 2 aromatic carbocycles. The molecule has 144 valence electrons. The molecule has 27 heavy (non-hydrogen) atoms. The van der Waals surface area contributed by atoms with E-state index in [0.717, 1.165) is 6.42 Å². The summed E-state index contributed by atoms with van der Waals surface area (Å²) in [5.41, 5.74) is 0.927. The van der Waals surface area contributed by atoms with Gasteiger partial charge in [0.25, 0.3) is 0 Å². The van der Waals surface area contributed by atoms with Crippen molar-refractivity contribution in [1.82, 2.24) is 0 Å². The molecule has 0 heterocycles. The Morgan fingerprint density at radius 1 is 1.22 bits per heavy atom. The fourth-order valence-electron chi connectivity index (χ4n) is 2.40. The molecule has 1 N–H and O–H groups in total. The molecule has 4 nitrogen and oxygen atoms in total. The summed E-state index contributed by atoms with van der Waals surface area (Å²) in [6.45, 7) is 0. The van der Waals surface area contributed by atoms with Crippen molar-refractivity contribution in [3.05, 3.63) is 63.4 Å². The van der Waals surface area contributed by atoms with Crippen LogP contribution in [0.15, 0.2) is 36.4 Å². The highest BCUT2D eigenvalue weighted by Gasteiger charge is 2.19. The van der Waals surface area contributed by atoms with Crippen LogP contribution in [0.5, 0.6) is 0 Å². The predicted molar refractivity (Wildman–Crippen MR) is 108 cm³/mol. The smallest absolute Gasteiger partial charge is 0.341 e. The first kappa shape index (κ1) is 21.5. The number of benzene rings is 2. The number of carbonyl (C=O) groups excluding carboxylic acids is 2. The van der Waals surface area contributed by atoms with Crippen molar-refractivity contribution in [3.8, 4) is 0 Å². The van der Waals surface area contributed by atoms with Crippen molar-refractivity contribution in [2.24, 2.45) is 0 Å². The molecule has 1 amide bonds. The van der Waals surface area contributed by atoms with E-state index in [4.69, 9.17) is 27.9 Å². The van der Waals surface area contributed by atoms with Crippen LogP contribution in [0.25, 0.3) is 0 Å². The third kappa shape index (κ3) is 6.41. The molecule has 0 fully saturated rings. The first-order valence-electron chi connectivity index (χ1n) is 8.10. The monoisotopic (exact) mass is 429 g/mol. The molecule has 2 aromatic rings. The Morgan fingerprint density at radius 2 is 1.96 bits per heavy atom. The van der Waals surface area contributed by atoms with Gasteiger partial charge in [-0.3, -0.25) is 4.79 Å². The number of aryl methyl sites for hydroxylation is 1. The van der Waals surface area contributed by atoms with Gasteiger partial charge in [0.2, 0.25) is 5.91 Å². The van der Waals surface area contributed by atoms with E-state index >= 15 is 0 Å². The molecule has 2 rings (SSSR count). The number of nitrogens with one attached hydrogen (secondary N) is 1. The first-order chi connectivity index (χ1) is 12.9. The van der Waals surface area contributed by atoms with Crippen molar-refractivity contribution in [3.63, 3.8) is 0 Å². The molecule has 0 bridgehead atoms. The molecule has 0 saturated carbocycles. The van der Waals surface area contributed by atoms with E-state index < -0.39 is 5.97 Å². The Morgan fingerprint density at radius 3 is 2.67 bits per heavy atom. The fraction of sp³-hybridized carbons (Fsp3) is 0.263. The third-order valence-corrected chi connectivity index (χ3v) is 5.20. The minimum absolute atomic E-state index is 0.0569. The maximum absolute atomic E-state index is 13.5. The van der Waals surface area contributed by atoms with Crippen molar-refractivity contribution >= 4 is 52.5 Å². The summed E-state index contributed by atoms with van der Waals surface area (Å²) in [4.78, 5) is 24.0. The predicted octanol–water partition coefficient (Wildman–Crippen LogP) is 5.22. The van der Waals surface area contributed by atoms with E-state index in [2.05, 4.69) is 5.32 Å².